The van der Waals surface area contributed by atoms with Crippen LogP contribution in [0.1, 0.15) is 74.8 Å². The van der Waals surface area contributed by atoms with Gasteiger partial charge in [-0.05, 0) is 43.9 Å². The summed E-state index contributed by atoms with van der Waals surface area (Å²) in [4.78, 5) is 8.25. The fourth-order valence-electron chi connectivity index (χ4n) is 1.90. The minimum atomic E-state index is -0.308. The smallest absolute Gasteiger partial charge is 0.226 e. The van der Waals surface area contributed by atoms with Crippen LogP contribution in [-0.2, 0) is 5.41 Å². The first kappa shape index (κ1) is 23.9. The topological polar surface area (TPSA) is 44.2 Å². The third-order valence-corrected chi connectivity index (χ3v) is 2.95. The molecule has 4 heteroatoms. The van der Waals surface area contributed by atoms with E-state index in [0.717, 1.165) is 5.75 Å². The van der Waals surface area contributed by atoms with E-state index in [2.05, 4.69) is 36.8 Å². The summed E-state index contributed by atoms with van der Waals surface area (Å²) in [7, 11) is 0. The van der Waals surface area contributed by atoms with E-state index in [1.165, 1.54) is 11.9 Å². The van der Waals surface area contributed by atoms with Gasteiger partial charge in [0, 0.05) is 0 Å². The van der Waals surface area contributed by atoms with Crippen molar-refractivity contribution in [2.75, 3.05) is 0 Å². The lowest BCUT2D eigenvalue weighted by Crippen LogP contribution is -2.23. The van der Waals surface area contributed by atoms with Gasteiger partial charge in [0.05, 0.1) is 6.07 Å². The Hall–Kier alpha value is -2.10. The van der Waals surface area contributed by atoms with Gasteiger partial charge in [0.25, 0.3) is 0 Å². The van der Waals surface area contributed by atoms with Crippen molar-refractivity contribution >= 4 is 0 Å². The zero-order valence-corrected chi connectivity index (χ0v) is 18.2. The third-order valence-electron chi connectivity index (χ3n) is 2.95. The molecule has 2 rings (SSSR count). The van der Waals surface area contributed by atoms with Crippen LogP contribution in [0.15, 0.2) is 36.7 Å². The monoisotopic (exact) mass is 360 g/mol. The summed E-state index contributed by atoms with van der Waals surface area (Å²) >= 11 is 0. The third kappa shape index (κ3) is 8.84. The van der Waals surface area contributed by atoms with Gasteiger partial charge >= 0.3 is 0 Å². The van der Waals surface area contributed by atoms with Gasteiger partial charge in [-0.1, -0.05) is 60.6 Å². The van der Waals surface area contributed by atoms with Crippen molar-refractivity contribution in [2.24, 2.45) is 0 Å². The molecule has 0 aliphatic carbocycles. The van der Waals surface area contributed by atoms with Crippen LogP contribution in [-0.4, -0.2) is 15.6 Å². The molecule has 0 fully saturated rings. The highest BCUT2D eigenvalue weighted by Crippen LogP contribution is 2.28. The van der Waals surface area contributed by atoms with Crippen molar-refractivity contribution in [2.45, 2.75) is 80.3 Å². The summed E-state index contributed by atoms with van der Waals surface area (Å²) in [5.41, 5.74) is 0.980. The van der Waals surface area contributed by atoms with Crippen molar-refractivity contribution < 1.29 is 9.47 Å². The van der Waals surface area contributed by atoms with E-state index < -0.39 is 0 Å². The summed E-state index contributed by atoms with van der Waals surface area (Å²) < 4.78 is 11.6. The number of hydrogen-bond donors (Lipinski definition) is 0. The lowest BCUT2D eigenvalue weighted by atomic mass is 9.87. The first-order valence-corrected chi connectivity index (χ1v) is 9.43. The fraction of sp³-hybridized carbons (Fsp3) is 0.545. The van der Waals surface area contributed by atoms with Gasteiger partial charge in [0.2, 0.25) is 11.8 Å². The van der Waals surface area contributed by atoms with E-state index >= 15 is 0 Å². The molecule has 0 aliphatic heterocycles. The molecule has 1 aromatic carbocycles. The first-order chi connectivity index (χ1) is 12.1. The quantitative estimate of drug-likeness (QED) is 0.604. The van der Waals surface area contributed by atoms with E-state index in [4.69, 9.17) is 9.47 Å². The van der Waals surface area contributed by atoms with E-state index in [9.17, 15) is 0 Å². The Morgan fingerprint density at radius 1 is 0.769 bits per heavy atom. The van der Waals surface area contributed by atoms with Crippen LogP contribution in [0.2, 0.25) is 0 Å². The summed E-state index contributed by atoms with van der Waals surface area (Å²) in [5, 5.41) is 0. The number of aromatic nitrogens is 2. The Labute approximate surface area is 160 Å². The predicted molar refractivity (Wildman–Crippen MR) is 110 cm³/mol. The molecule has 146 valence electrons. The van der Waals surface area contributed by atoms with E-state index in [1.807, 2.05) is 66.7 Å². The molecule has 0 bridgehead atoms. The van der Waals surface area contributed by atoms with Crippen LogP contribution in [0, 0.1) is 0 Å². The van der Waals surface area contributed by atoms with Crippen molar-refractivity contribution in [1.29, 1.82) is 0 Å². The Morgan fingerprint density at radius 2 is 1.35 bits per heavy atom. The van der Waals surface area contributed by atoms with Gasteiger partial charge in [0.15, 0.2) is 0 Å². The average Bonchev–Trinajstić information content (AvgIpc) is 2.57. The number of ether oxygens (including phenoxy) is 2. The largest absolute Gasteiger partial charge is 0.472 e. The molecule has 0 aliphatic rings. The second-order valence-corrected chi connectivity index (χ2v) is 7.29. The SMILES string of the molecule is CC.CC.CC(C)(C)Oc1cc(Oc2cccc(C(C)(C)C)c2)ncn1. The summed E-state index contributed by atoms with van der Waals surface area (Å²) in [5.74, 6) is 1.73. The predicted octanol–water partition coefficient (Wildman–Crippen LogP) is 6.80. The zero-order chi connectivity index (χ0) is 20.4. The molecule has 0 saturated carbocycles. The number of rotatable bonds is 3. The van der Waals surface area contributed by atoms with Crippen molar-refractivity contribution in [3.05, 3.63) is 42.2 Å². The van der Waals surface area contributed by atoms with Gasteiger partial charge < -0.3 is 9.47 Å². The van der Waals surface area contributed by atoms with Crippen LogP contribution in [0.4, 0.5) is 0 Å². The number of benzene rings is 1. The first-order valence-electron chi connectivity index (χ1n) is 9.43. The van der Waals surface area contributed by atoms with Crippen molar-refractivity contribution in [3.8, 4) is 17.5 Å². The standard InChI is InChI=1S/C18H24N2O2.2C2H6/c1-17(2,3)13-8-7-9-14(10-13)21-15-11-16(20-12-19-15)22-18(4,5)6;2*1-2/h7-12H,1-6H3;2*1-2H3. The second kappa shape index (κ2) is 10.8. The molecule has 0 unspecified atom stereocenters. The summed E-state index contributed by atoms with van der Waals surface area (Å²) in [6.45, 7) is 20.4. The molecule has 26 heavy (non-hydrogen) atoms. The molecular formula is C22H36N2O2. The normalized spacial score (nSPS) is 10.7. The van der Waals surface area contributed by atoms with E-state index in [1.54, 1.807) is 6.07 Å². The van der Waals surface area contributed by atoms with Crippen molar-refractivity contribution in [3.63, 3.8) is 0 Å². The highest BCUT2D eigenvalue weighted by Gasteiger charge is 2.15. The van der Waals surface area contributed by atoms with Gasteiger partial charge in [-0.15, -0.1) is 0 Å². The van der Waals surface area contributed by atoms with E-state index in [-0.39, 0.29) is 11.0 Å². The van der Waals surface area contributed by atoms with E-state index in [0.29, 0.717) is 11.8 Å². The van der Waals surface area contributed by atoms with Gasteiger partial charge in [-0.3, -0.25) is 0 Å². The van der Waals surface area contributed by atoms with Crippen molar-refractivity contribution in [1.82, 2.24) is 9.97 Å². The summed E-state index contributed by atoms with van der Waals surface area (Å²) in [6, 6.07) is 9.74. The van der Waals surface area contributed by atoms with Gasteiger partial charge in [-0.25, -0.2) is 9.97 Å². The summed E-state index contributed by atoms with van der Waals surface area (Å²) in [6.07, 6.45) is 1.45. The van der Waals surface area contributed by atoms with Gasteiger partial charge in [-0.2, -0.15) is 0 Å². The molecular weight excluding hydrogens is 324 g/mol. The molecule has 0 amide bonds. The lowest BCUT2D eigenvalue weighted by molar-refractivity contribution is 0.123. The molecule has 0 spiro atoms. The average molecular weight is 361 g/mol. The number of hydrogen-bond acceptors (Lipinski definition) is 4. The zero-order valence-electron chi connectivity index (χ0n) is 18.2. The molecule has 1 aromatic heterocycles. The number of nitrogens with zero attached hydrogens (tertiary/aromatic N) is 2. The highest BCUT2D eigenvalue weighted by molar-refractivity contribution is 5.35. The molecule has 0 N–H and O–H groups in total. The van der Waals surface area contributed by atoms with Gasteiger partial charge in [0.1, 0.15) is 17.7 Å². The van der Waals surface area contributed by atoms with Crippen LogP contribution < -0.4 is 9.47 Å². The fourth-order valence-corrected chi connectivity index (χ4v) is 1.90. The van der Waals surface area contributed by atoms with Crippen LogP contribution in [0.25, 0.3) is 0 Å². The maximum atomic E-state index is 5.84. The van der Waals surface area contributed by atoms with Crippen LogP contribution in [0.5, 0.6) is 17.5 Å². The molecule has 1 heterocycles. The lowest BCUT2D eigenvalue weighted by Gasteiger charge is -2.20. The maximum absolute atomic E-state index is 5.84. The highest BCUT2D eigenvalue weighted by atomic mass is 16.5. The second-order valence-electron chi connectivity index (χ2n) is 7.29. The minimum absolute atomic E-state index is 0.0749. The Bertz CT molecular complexity index is 641. The van der Waals surface area contributed by atoms with Crippen LogP contribution in [0.3, 0.4) is 0 Å². The molecule has 0 radical (unpaired) electrons. The molecule has 4 nitrogen and oxygen atoms in total. The minimum Gasteiger partial charge on any atom is -0.472 e. The molecule has 0 atom stereocenters. The Kier molecular flexibility index (Phi) is 9.92. The molecule has 0 saturated heterocycles. The Morgan fingerprint density at radius 3 is 1.88 bits per heavy atom. The maximum Gasteiger partial charge on any atom is 0.226 e. The Balaban J connectivity index is 0.00000146. The molecule has 2 aromatic rings. The van der Waals surface area contributed by atoms with Crippen LogP contribution >= 0.6 is 0 Å².